The number of anilines is 2. The van der Waals surface area contributed by atoms with Gasteiger partial charge in [0.2, 0.25) is 0 Å². The number of esters is 1. The molecule has 0 amide bonds. The summed E-state index contributed by atoms with van der Waals surface area (Å²) in [4.78, 5) is 25.7. The molecule has 1 aromatic carbocycles. The first-order valence-corrected chi connectivity index (χ1v) is 9.03. The van der Waals surface area contributed by atoms with Gasteiger partial charge in [0.25, 0.3) is 0 Å². The van der Waals surface area contributed by atoms with Crippen molar-refractivity contribution in [3.8, 4) is 0 Å². The second kappa shape index (κ2) is 6.61. The van der Waals surface area contributed by atoms with E-state index in [0.717, 1.165) is 22.8 Å². The number of ether oxygens (including phenoxy) is 1. The fourth-order valence-corrected chi connectivity index (χ4v) is 3.96. The molecule has 2 N–H and O–H groups in total. The molecule has 2 aromatic rings. The summed E-state index contributed by atoms with van der Waals surface area (Å²) in [7, 11) is 1.32. The Balaban J connectivity index is 1.86. The molecule has 0 saturated carbocycles. The molecule has 0 unspecified atom stereocenters. The van der Waals surface area contributed by atoms with Gasteiger partial charge in [0, 0.05) is 11.3 Å². The average Bonchev–Trinajstić information content (AvgIpc) is 3.00. The van der Waals surface area contributed by atoms with Crippen molar-refractivity contribution in [2.24, 2.45) is 11.8 Å². The van der Waals surface area contributed by atoms with E-state index in [4.69, 9.17) is 9.15 Å². The van der Waals surface area contributed by atoms with Crippen LogP contribution in [-0.2, 0) is 14.3 Å². The average molecular weight is 366 g/mol. The molecule has 1 aliphatic heterocycles. The van der Waals surface area contributed by atoms with Crippen molar-refractivity contribution in [3.63, 3.8) is 0 Å². The lowest BCUT2D eigenvalue weighted by Gasteiger charge is -2.31. The van der Waals surface area contributed by atoms with Crippen LogP contribution in [0.25, 0.3) is 0 Å². The number of Topliss-reactive ketones (excluding diaryl/α,β-unsaturated/α-hetero) is 1. The highest BCUT2D eigenvalue weighted by Crippen LogP contribution is 2.43. The zero-order valence-corrected chi connectivity index (χ0v) is 15.5. The molecule has 6 nitrogen and oxygen atoms in total. The molecule has 140 valence electrons. The second-order valence-corrected chi connectivity index (χ2v) is 7.14. The number of allylic oxidation sites excluding steroid dienone is 1. The maximum atomic E-state index is 13.4. The van der Waals surface area contributed by atoms with E-state index in [2.05, 4.69) is 10.6 Å². The monoisotopic (exact) mass is 366 g/mol. The SMILES string of the molecule is COC(=O)[C@@H]1C(=O)C2=C(C[C@H]1C)Nc1ccccc1N[C@H]2c1ccc(C)o1. The lowest BCUT2D eigenvalue weighted by atomic mass is 9.75. The normalized spacial score (nSPS) is 24.3. The first-order valence-electron chi connectivity index (χ1n) is 9.03. The second-order valence-electron chi connectivity index (χ2n) is 7.14. The Hall–Kier alpha value is -3.02. The number of furan rings is 1. The molecule has 2 heterocycles. The number of hydrogen-bond donors (Lipinski definition) is 2. The standard InChI is InChI=1S/C21H22N2O4/c1-11-10-15-18(20(24)17(11)21(25)26-3)19(16-9-8-12(2)27-16)23-14-7-5-4-6-13(14)22-15/h4-9,11,17,19,22-23H,10H2,1-3H3/t11-,17+,19+/m1/s1. The Bertz CT molecular complexity index is 943. The lowest BCUT2D eigenvalue weighted by molar-refractivity contribution is -0.151. The predicted octanol–water partition coefficient (Wildman–Crippen LogP) is 3.82. The minimum Gasteiger partial charge on any atom is -0.468 e. The fourth-order valence-electron chi connectivity index (χ4n) is 3.96. The van der Waals surface area contributed by atoms with E-state index >= 15 is 0 Å². The van der Waals surface area contributed by atoms with Crippen LogP contribution in [0, 0.1) is 18.8 Å². The van der Waals surface area contributed by atoms with Crippen LogP contribution < -0.4 is 10.6 Å². The molecule has 1 aliphatic carbocycles. The van der Waals surface area contributed by atoms with Gasteiger partial charge in [-0.3, -0.25) is 9.59 Å². The Morgan fingerprint density at radius 2 is 1.93 bits per heavy atom. The van der Waals surface area contributed by atoms with E-state index in [1.54, 1.807) is 0 Å². The van der Waals surface area contributed by atoms with Crippen LogP contribution >= 0.6 is 0 Å². The van der Waals surface area contributed by atoms with Crippen LogP contribution in [0.4, 0.5) is 11.4 Å². The van der Waals surface area contributed by atoms with Gasteiger partial charge in [0.15, 0.2) is 5.78 Å². The number of hydrogen-bond acceptors (Lipinski definition) is 6. The zero-order valence-electron chi connectivity index (χ0n) is 15.5. The van der Waals surface area contributed by atoms with Crippen LogP contribution in [0.2, 0.25) is 0 Å². The van der Waals surface area contributed by atoms with Crippen LogP contribution in [0.5, 0.6) is 0 Å². The zero-order chi connectivity index (χ0) is 19.1. The summed E-state index contributed by atoms with van der Waals surface area (Å²) in [6.07, 6.45) is 0.576. The maximum absolute atomic E-state index is 13.4. The van der Waals surface area contributed by atoms with Gasteiger partial charge in [0.05, 0.1) is 18.5 Å². The van der Waals surface area contributed by atoms with Crippen molar-refractivity contribution in [1.29, 1.82) is 0 Å². The summed E-state index contributed by atoms with van der Waals surface area (Å²) < 4.78 is 10.7. The van der Waals surface area contributed by atoms with Gasteiger partial charge < -0.3 is 19.8 Å². The molecular formula is C21H22N2O4. The maximum Gasteiger partial charge on any atom is 0.316 e. The molecule has 0 spiro atoms. The number of benzene rings is 1. The summed E-state index contributed by atoms with van der Waals surface area (Å²) in [6.45, 7) is 3.77. The number of methoxy groups -OCH3 is 1. The third-order valence-corrected chi connectivity index (χ3v) is 5.27. The Labute approximate surface area is 157 Å². The van der Waals surface area contributed by atoms with Crippen molar-refractivity contribution in [3.05, 3.63) is 59.2 Å². The third-order valence-electron chi connectivity index (χ3n) is 5.27. The van der Waals surface area contributed by atoms with E-state index in [1.165, 1.54) is 7.11 Å². The van der Waals surface area contributed by atoms with Crippen molar-refractivity contribution in [1.82, 2.24) is 0 Å². The third kappa shape index (κ3) is 2.91. The van der Waals surface area contributed by atoms with Gasteiger partial charge in [-0.25, -0.2) is 0 Å². The molecule has 27 heavy (non-hydrogen) atoms. The van der Waals surface area contributed by atoms with E-state index in [9.17, 15) is 9.59 Å². The number of nitrogens with one attached hydrogen (secondary N) is 2. The van der Waals surface area contributed by atoms with Crippen molar-refractivity contribution < 1.29 is 18.7 Å². The van der Waals surface area contributed by atoms with E-state index in [0.29, 0.717) is 17.8 Å². The molecule has 1 aromatic heterocycles. The van der Waals surface area contributed by atoms with Crippen molar-refractivity contribution in [2.75, 3.05) is 17.7 Å². The fraction of sp³-hybridized carbons (Fsp3) is 0.333. The number of rotatable bonds is 2. The quantitative estimate of drug-likeness (QED) is 0.621. The summed E-state index contributed by atoms with van der Waals surface area (Å²) in [5, 5.41) is 6.83. The number of aryl methyl sites for hydroxylation is 1. The molecule has 3 atom stereocenters. The predicted molar refractivity (Wildman–Crippen MR) is 101 cm³/mol. The van der Waals surface area contributed by atoms with E-state index in [-0.39, 0.29) is 11.7 Å². The smallest absolute Gasteiger partial charge is 0.316 e. The van der Waals surface area contributed by atoms with Gasteiger partial charge in [0.1, 0.15) is 23.5 Å². The summed E-state index contributed by atoms with van der Waals surface area (Å²) >= 11 is 0. The number of para-hydroxylation sites is 2. The van der Waals surface area contributed by atoms with Crippen LogP contribution in [0.15, 0.2) is 52.1 Å². The molecule has 0 fully saturated rings. The van der Waals surface area contributed by atoms with Crippen molar-refractivity contribution >= 4 is 23.1 Å². The molecule has 0 radical (unpaired) electrons. The summed E-state index contributed by atoms with van der Waals surface area (Å²) in [6, 6.07) is 11.1. The Kier molecular flexibility index (Phi) is 4.26. The lowest BCUT2D eigenvalue weighted by Crippen LogP contribution is -2.39. The van der Waals surface area contributed by atoms with Gasteiger partial charge >= 0.3 is 5.97 Å². The topological polar surface area (TPSA) is 80.6 Å². The molecule has 0 saturated heterocycles. The molecule has 4 rings (SSSR count). The van der Waals surface area contributed by atoms with E-state index in [1.807, 2.05) is 50.2 Å². The van der Waals surface area contributed by atoms with Gasteiger partial charge in [-0.2, -0.15) is 0 Å². The van der Waals surface area contributed by atoms with Crippen LogP contribution in [-0.4, -0.2) is 18.9 Å². The molecule has 0 bridgehead atoms. The Morgan fingerprint density at radius 3 is 2.59 bits per heavy atom. The first kappa shape index (κ1) is 17.4. The van der Waals surface area contributed by atoms with Gasteiger partial charge in [-0.15, -0.1) is 0 Å². The largest absolute Gasteiger partial charge is 0.468 e. The highest BCUT2D eigenvalue weighted by Gasteiger charge is 2.44. The molecule has 2 aliphatic rings. The Morgan fingerprint density at radius 1 is 1.19 bits per heavy atom. The summed E-state index contributed by atoms with van der Waals surface area (Å²) in [5.74, 6) is -0.263. The number of carbonyl (C=O) groups excluding carboxylic acids is 2. The molecule has 6 heteroatoms. The first-order chi connectivity index (χ1) is 13.0. The number of fused-ring (bicyclic) bond motifs is 1. The number of carbonyl (C=O) groups is 2. The van der Waals surface area contributed by atoms with Crippen LogP contribution in [0.1, 0.15) is 30.9 Å². The minimum atomic E-state index is -0.808. The highest BCUT2D eigenvalue weighted by atomic mass is 16.5. The highest BCUT2D eigenvalue weighted by molar-refractivity contribution is 6.11. The van der Waals surface area contributed by atoms with Crippen molar-refractivity contribution in [2.45, 2.75) is 26.3 Å². The summed E-state index contributed by atoms with van der Waals surface area (Å²) in [5.41, 5.74) is 3.13. The van der Waals surface area contributed by atoms with Crippen LogP contribution in [0.3, 0.4) is 0 Å². The van der Waals surface area contributed by atoms with E-state index < -0.39 is 17.9 Å². The molecular weight excluding hydrogens is 344 g/mol. The van der Waals surface area contributed by atoms with Gasteiger partial charge in [-0.05, 0) is 43.5 Å². The van der Waals surface area contributed by atoms with Gasteiger partial charge in [-0.1, -0.05) is 19.1 Å². The minimum absolute atomic E-state index is 0.152. The number of ketones is 1.